The molecular formula is C46H25N5S. The Morgan fingerprint density at radius 1 is 0.404 bits per heavy atom. The largest absolute Gasteiger partial charge is 0.308 e. The normalized spacial score (nSPS) is 12.6. The van der Waals surface area contributed by atoms with Crippen molar-refractivity contribution in [3.8, 4) is 11.8 Å². The molecule has 0 aliphatic heterocycles. The maximum absolute atomic E-state index is 5.67. The van der Waals surface area contributed by atoms with E-state index in [-0.39, 0.29) is 0 Å². The summed E-state index contributed by atoms with van der Waals surface area (Å²) in [6, 6.07) is 54.8. The van der Waals surface area contributed by atoms with E-state index in [0.717, 1.165) is 38.0 Å². The zero-order valence-corrected chi connectivity index (χ0v) is 28.4. The fourth-order valence-electron chi connectivity index (χ4n) is 9.13. The van der Waals surface area contributed by atoms with Crippen LogP contribution in [0.5, 0.6) is 0 Å². The van der Waals surface area contributed by atoms with E-state index in [4.69, 9.17) is 9.97 Å². The molecule has 6 aromatic heterocycles. The summed E-state index contributed by atoms with van der Waals surface area (Å²) in [4.78, 5) is 11.1. The predicted molar refractivity (Wildman–Crippen MR) is 218 cm³/mol. The minimum atomic E-state index is 0.668. The monoisotopic (exact) mass is 679 g/mol. The van der Waals surface area contributed by atoms with Crippen molar-refractivity contribution in [1.29, 1.82) is 0 Å². The molecule has 5 nitrogen and oxygen atoms in total. The smallest absolute Gasteiger partial charge is 0.237 e. The Morgan fingerprint density at radius 2 is 0.885 bits per heavy atom. The molecule has 0 N–H and O–H groups in total. The lowest BCUT2D eigenvalue weighted by molar-refractivity contribution is 0.977. The maximum Gasteiger partial charge on any atom is 0.237 e. The Hall–Kier alpha value is -6.76. The maximum atomic E-state index is 5.67. The molecule has 7 aromatic carbocycles. The molecule has 13 aromatic rings. The number of aromatic nitrogens is 5. The van der Waals surface area contributed by atoms with Crippen LogP contribution in [-0.2, 0) is 0 Å². The van der Waals surface area contributed by atoms with Crippen LogP contribution in [0.1, 0.15) is 0 Å². The summed E-state index contributed by atoms with van der Waals surface area (Å²) < 4.78 is 9.44. The fourth-order valence-corrected chi connectivity index (χ4v) is 10.3. The van der Waals surface area contributed by atoms with Crippen molar-refractivity contribution < 1.29 is 0 Å². The molecule has 0 aliphatic carbocycles. The van der Waals surface area contributed by atoms with Crippen molar-refractivity contribution in [2.45, 2.75) is 0 Å². The number of benzene rings is 7. The minimum Gasteiger partial charge on any atom is -0.308 e. The number of hydrogen-bond acceptors (Lipinski definition) is 3. The van der Waals surface area contributed by atoms with E-state index in [2.05, 4.69) is 165 Å². The molecule has 0 atom stereocenters. The van der Waals surface area contributed by atoms with Crippen LogP contribution in [0.4, 0.5) is 0 Å². The SMILES string of the molecule is c1ccc2c(c1)sc1c(-n3c4ccccc4c4cc5c6ccccc6n6c7ccccc7c(c43)c56)nc(-n3c4ccccc4c4ccccc43)nc12. The van der Waals surface area contributed by atoms with E-state index < -0.39 is 0 Å². The summed E-state index contributed by atoms with van der Waals surface area (Å²) >= 11 is 1.78. The molecule has 0 saturated heterocycles. The molecular weight excluding hydrogens is 655 g/mol. The van der Waals surface area contributed by atoms with Gasteiger partial charge in [0.15, 0.2) is 5.82 Å². The molecule has 0 amide bonds. The summed E-state index contributed by atoms with van der Waals surface area (Å²) in [5.74, 6) is 1.57. The van der Waals surface area contributed by atoms with Crippen LogP contribution in [0.2, 0.25) is 0 Å². The zero-order chi connectivity index (χ0) is 33.7. The third-order valence-corrected chi connectivity index (χ3v) is 12.3. The predicted octanol–water partition coefficient (Wildman–Crippen LogP) is 12.2. The summed E-state index contributed by atoms with van der Waals surface area (Å²) in [5.41, 5.74) is 9.16. The molecule has 0 fully saturated rings. The van der Waals surface area contributed by atoms with Gasteiger partial charge in [-0.2, -0.15) is 4.98 Å². The van der Waals surface area contributed by atoms with Crippen LogP contribution >= 0.6 is 11.3 Å². The van der Waals surface area contributed by atoms with Crippen LogP contribution in [0.15, 0.2) is 152 Å². The van der Waals surface area contributed by atoms with Gasteiger partial charge in [-0.05, 0) is 42.5 Å². The van der Waals surface area contributed by atoms with E-state index >= 15 is 0 Å². The number of rotatable bonds is 2. The molecule has 6 heteroatoms. The van der Waals surface area contributed by atoms with E-state index in [1.165, 1.54) is 69.9 Å². The first-order chi connectivity index (χ1) is 25.8. The van der Waals surface area contributed by atoms with Crippen molar-refractivity contribution in [2.24, 2.45) is 0 Å². The molecule has 13 rings (SSSR count). The van der Waals surface area contributed by atoms with Gasteiger partial charge in [0.25, 0.3) is 0 Å². The van der Waals surface area contributed by atoms with Gasteiger partial charge in [0.2, 0.25) is 5.95 Å². The van der Waals surface area contributed by atoms with Gasteiger partial charge >= 0.3 is 0 Å². The molecule has 0 aliphatic rings. The Balaban J connectivity index is 1.29. The lowest BCUT2D eigenvalue weighted by Crippen LogP contribution is -2.06. The highest BCUT2D eigenvalue weighted by Crippen LogP contribution is 2.48. The Morgan fingerprint density at radius 3 is 1.56 bits per heavy atom. The third-order valence-electron chi connectivity index (χ3n) is 11.2. The molecule has 240 valence electrons. The number of fused-ring (bicyclic) bond motifs is 16. The summed E-state index contributed by atoms with van der Waals surface area (Å²) in [6.45, 7) is 0. The molecule has 0 unspecified atom stereocenters. The quantitative estimate of drug-likeness (QED) is 0.182. The fraction of sp³-hybridized carbons (Fsp3) is 0. The first-order valence-electron chi connectivity index (χ1n) is 17.6. The first kappa shape index (κ1) is 27.0. The van der Waals surface area contributed by atoms with Gasteiger partial charge in [-0.3, -0.25) is 9.13 Å². The van der Waals surface area contributed by atoms with Crippen LogP contribution in [-0.4, -0.2) is 23.5 Å². The van der Waals surface area contributed by atoms with Gasteiger partial charge in [-0.25, -0.2) is 4.98 Å². The Bertz CT molecular complexity index is 3600. The molecule has 0 saturated carbocycles. The number of para-hydroxylation sites is 5. The first-order valence-corrected chi connectivity index (χ1v) is 18.4. The van der Waals surface area contributed by atoms with Gasteiger partial charge in [0.1, 0.15) is 0 Å². The van der Waals surface area contributed by atoms with Crippen LogP contribution in [0.25, 0.3) is 114 Å². The van der Waals surface area contributed by atoms with Gasteiger partial charge in [0.05, 0.1) is 48.8 Å². The van der Waals surface area contributed by atoms with Crippen LogP contribution in [0, 0.1) is 0 Å². The standard InChI is InChI=1S/C46H25N5S/c1-8-20-35-26(13-1)27-14-2-9-21-36(27)50(35)46-47-41-31-18-6-12-24-39(31)52-44(41)45(48-46)51-37-22-10-4-16-29(37)33-25-32-28-15-3-7-19-34(28)49-38-23-11-5-17-30(38)40(42(32)49)43(33)51/h1-25H. The highest BCUT2D eigenvalue weighted by molar-refractivity contribution is 7.26. The van der Waals surface area contributed by atoms with Crippen LogP contribution < -0.4 is 0 Å². The molecule has 0 spiro atoms. The van der Waals surface area contributed by atoms with E-state index in [0.29, 0.717) is 5.95 Å². The molecule has 52 heavy (non-hydrogen) atoms. The Kier molecular flexibility index (Phi) is 4.94. The van der Waals surface area contributed by atoms with Gasteiger partial charge in [0, 0.05) is 53.2 Å². The number of thiophene rings is 1. The highest BCUT2D eigenvalue weighted by atomic mass is 32.1. The van der Waals surface area contributed by atoms with Crippen molar-refractivity contribution in [3.63, 3.8) is 0 Å². The van der Waals surface area contributed by atoms with Gasteiger partial charge in [-0.15, -0.1) is 11.3 Å². The molecule has 0 bridgehead atoms. The topological polar surface area (TPSA) is 40.0 Å². The zero-order valence-electron chi connectivity index (χ0n) is 27.6. The second-order valence-electron chi connectivity index (χ2n) is 13.8. The lowest BCUT2D eigenvalue weighted by Gasteiger charge is -2.13. The summed E-state index contributed by atoms with van der Waals surface area (Å²) in [6.07, 6.45) is 0. The second-order valence-corrected chi connectivity index (χ2v) is 14.8. The highest BCUT2D eigenvalue weighted by Gasteiger charge is 2.27. The van der Waals surface area contributed by atoms with Crippen molar-refractivity contribution >= 4 is 113 Å². The van der Waals surface area contributed by atoms with Crippen LogP contribution in [0.3, 0.4) is 0 Å². The second kappa shape index (κ2) is 9.51. The van der Waals surface area contributed by atoms with Gasteiger partial charge in [-0.1, -0.05) is 109 Å². The minimum absolute atomic E-state index is 0.668. The van der Waals surface area contributed by atoms with Crippen molar-refractivity contribution in [2.75, 3.05) is 0 Å². The van der Waals surface area contributed by atoms with Crippen molar-refractivity contribution in [1.82, 2.24) is 23.5 Å². The average Bonchev–Trinajstić information content (AvgIpc) is 3.99. The molecule has 6 heterocycles. The van der Waals surface area contributed by atoms with E-state index in [1.807, 2.05) is 0 Å². The Labute approximate surface area is 299 Å². The van der Waals surface area contributed by atoms with E-state index in [9.17, 15) is 0 Å². The number of hydrogen-bond donors (Lipinski definition) is 0. The lowest BCUT2D eigenvalue weighted by atomic mass is 10.0. The van der Waals surface area contributed by atoms with E-state index in [1.54, 1.807) is 11.3 Å². The summed E-state index contributed by atoms with van der Waals surface area (Å²) in [5, 5.41) is 11.0. The number of nitrogens with zero attached hydrogens (tertiary/aromatic N) is 5. The third kappa shape index (κ3) is 3.20. The molecule has 0 radical (unpaired) electrons. The summed E-state index contributed by atoms with van der Waals surface area (Å²) in [7, 11) is 0. The average molecular weight is 680 g/mol. The van der Waals surface area contributed by atoms with Crippen molar-refractivity contribution in [3.05, 3.63) is 152 Å². The van der Waals surface area contributed by atoms with Gasteiger partial charge < -0.3 is 4.40 Å².